The van der Waals surface area contributed by atoms with Crippen LogP contribution in [0.2, 0.25) is 0 Å². The van der Waals surface area contributed by atoms with Crippen LogP contribution in [0.15, 0.2) is 11.3 Å². The first-order chi connectivity index (χ1) is 11.7. The van der Waals surface area contributed by atoms with Gasteiger partial charge in [-0.2, -0.15) is 5.10 Å². The molecule has 1 fully saturated rings. The zero-order valence-corrected chi connectivity index (χ0v) is 18.2. The maximum atomic E-state index is 4.58. The minimum Gasteiger partial charge on any atom is -0.357 e. The van der Waals surface area contributed by atoms with Crippen LogP contribution >= 0.6 is 24.0 Å². The molecule has 8 heteroatoms. The average Bonchev–Trinajstić information content (AvgIpc) is 2.99. The smallest absolute Gasteiger partial charge is 0.191 e. The lowest BCUT2D eigenvalue weighted by atomic mass is 10.0. The number of nitrogens with one attached hydrogen (secondary N) is 2. The van der Waals surface area contributed by atoms with E-state index >= 15 is 0 Å². The van der Waals surface area contributed by atoms with Gasteiger partial charge in [0, 0.05) is 26.2 Å². The van der Waals surface area contributed by atoms with Crippen LogP contribution in [0.25, 0.3) is 0 Å². The summed E-state index contributed by atoms with van der Waals surface area (Å²) in [6, 6.07) is 0.761. The van der Waals surface area contributed by atoms with Gasteiger partial charge in [0.15, 0.2) is 5.96 Å². The largest absolute Gasteiger partial charge is 0.357 e. The SMILES string of the molecule is CCNC(=NCc1ncnn1C)NCCCCN1CCCCC1C.I. The molecule has 1 saturated heterocycles. The Labute approximate surface area is 169 Å². The van der Waals surface area contributed by atoms with Gasteiger partial charge in [-0.3, -0.25) is 4.68 Å². The van der Waals surface area contributed by atoms with E-state index in [-0.39, 0.29) is 24.0 Å². The topological polar surface area (TPSA) is 70.4 Å². The fraction of sp³-hybridized carbons (Fsp3) is 0.824. The van der Waals surface area contributed by atoms with Gasteiger partial charge >= 0.3 is 0 Å². The normalized spacial score (nSPS) is 18.7. The van der Waals surface area contributed by atoms with E-state index in [2.05, 4.69) is 44.5 Å². The van der Waals surface area contributed by atoms with Gasteiger partial charge in [-0.05, 0) is 52.6 Å². The summed E-state index contributed by atoms with van der Waals surface area (Å²) >= 11 is 0. The molecule has 0 bridgehead atoms. The summed E-state index contributed by atoms with van der Waals surface area (Å²) in [6.45, 7) is 9.28. The highest BCUT2D eigenvalue weighted by molar-refractivity contribution is 14.0. The molecule has 2 N–H and O–H groups in total. The Morgan fingerprint density at radius 3 is 2.84 bits per heavy atom. The van der Waals surface area contributed by atoms with Crippen LogP contribution in [-0.2, 0) is 13.6 Å². The molecule has 0 radical (unpaired) electrons. The van der Waals surface area contributed by atoms with E-state index in [9.17, 15) is 0 Å². The molecule has 25 heavy (non-hydrogen) atoms. The Balaban J connectivity index is 0.00000312. The molecule has 1 aromatic rings. The summed E-state index contributed by atoms with van der Waals surface area (Å²) < 4.78 is 1.76. The van der Waals surface area contributed by atoms with Crippen molar-refractivity contribution in [3.63, 3.8) is 0 Å². The van der Waals surface area contributed by atoms with Crippen LogP contribution in [0.1, 0.15) is 51.8 Å². The molecule has 0 spiro atoms. The van der Waals surface area contributed by atoms with Crippen molar-refractivity contribution >= 4 is 29.9 Å². The standard InChI is InChI=1S/C17H33N7.HI/c1-4-18-17(20-13-16-21-14-22-23(16)3)19-10-6-8-12-24-11-7-5-9-15(24)2;/h14-15H,4-13H2,1-3H3,(H2,18,19,20);1H. The average molecular weight is 463 g/mol. The van der Waals surface area contributed by atoms with E-state index in [1.54, 1.807) is 11.0 Å². The number of nitrogens with zero attached hydrogens (tertiary/aromatic N) is 5. The lowest BCUT2D eigenvalue weighted by Crippen LogP contribution is -2.39. The van der Waals surface area contributed by atoms with Crippen LogP contribution < -0.4 is 10.6 Å². The van der Waals surface area contributed by atoms with Gasteiger partial charge in [0.2, 0.25) is 0 Å². The van der Waals surface area contributed by atoms with Gasteiger partial charge in [0.1, 0.15) is 18.7 Å². The van der Waals surface area contributed by atoms with Gasteiger partial charge in [0.25, 0.3) is 0 Å². The summed E-state index contributed by atoms with van der Waals surface area (Å²) in [7, 11) is 1.89. The maximum Gasteiger partial charge on any atom is 0.191 e. The molecule has 1 atom stereocenters. The first-order valence-corrected chi connectivity index (χ1v) is 9.29. The molecule has 1 aliphatic rings. The van der Waals surface area contributed by atoms with E-state index in [0.717, 1.165) is 37.3 Å². The number of aliphatic imine (C=N–C) groups is 1. The molecule has 7 nitrogen and oxygen atoms in total. The number of halogens is 1. The minimum atomic E-state index is 0. The number of aryl methyl sites for hydroxylation is 1. The maximum absolute atomic E-state index is 4.58. The van der Waals surface area contributed by atoms with Crippen molar-refractivity contribution in [2.75, 3.05) is 26.2 Å². The third-order valence-electron chi connectivity index (χ3n) is 4.63. The van der Waals surface area contributed by atoms with Crippen molar-refractivity contribution in [2.45, 2.75) is 58.5 Å². The first kappa shape index (κ1) is 22.1. The summed E-state index contributed by atoms with van der Waals surface area (Å²) in [5.41, 5.74) is 0. The van der Waals surface area contributed by atoms with E-state index in [0.29, 0.717) is 6.54 Å². The van der Waals surface area contributed by atoms with Crippen molar-refractivity contribution in [1.29, 1.82) is 0 Å². The van der Waals surface area contributed by atoms with Crippen molar-refractivity contribution in [2.24, 2.45) is 12.0 Å². The van der Waals surface area contributed by atoms with E-state index < -0.39 is 0 Å². The molecule has 0 aromatic carbocycles. The first-order valence-electron chi connectivity index (χ1n) is 9.29. The number of likely N-dealkylation sites (tertiary alicyclic amines) is 1. The van der Waals surface area contributed by atoms with Gasteiger partial charge in [0.05, 0.1) is 0 Å². The second-order valence-electron chi connectivity index (χ2n) is 6.51. The molecule has 1 unspecified atom stereocenters. The zero-order chi connectivity index (χ0) is 17.2. The monoisotopic (exact) mass is 463 g/mol. The van der Waals surface area contributed by atoms with Gasteiger partial charge < -0.3 is 15.5 Å². The number of aromatic nitrogens is 3. The molecule has 1 aliphatic heterocycles. The number of guanidine groups is 1. The molecule has 0 aliphatic carbocycles. The molecular formula is C17H34IN7. The quantitative estimate of drug-likeness (QED) is 0.268. The van der Waals surface area contributed by atoms with Crippen LogP contribution in [0.4, 0.5) is 0 Å². The van der Waals surface area contributed by atoms with Gasteiger partial charge in [-0.25, -0.2) is 9.98 Å². The zero-order valence-electron chi connectivity index (χ0n) is 15.9. The Bertz CT molecular complexity index is 503. The molecular weight excluding hydrogens is 429 g/mol. The van der Waals surface area contributed by atoms with Crippen LogP contribution in [0.3, 0.4) is 0 Å². The predicted molar refractivity (Wildman–Crippen MR) is 113 cm³/mol. The molecule has 1 aromatic heterocycles. The molecule has 0 amide bonds. The van der Waals surface area contributed by atoms with Crippen LogP contribution in [-0.4, -0.2) is 57.8 Å². The highest BCUT2D eigenvalue weighted by atomic mass is 127. The second kappa shape index (κ2) is 12.5. The number of piperidine rings is 1. The van der Waals surface area contributed by atoms with Crippen molar-refractivity contribution in [3.8, 4) is 0 Å². The Morgan fingerprint density at radius 1 is 1.32 bits per heavy atom. The molecule has 2 heterocycles. The summed E-state index contributed by atoms with van der Waals surface area (Å²) in [4.78, 5) is 11.4. The van der Waals surface area contributed by atoms with Crippen molar-refractivity contribution in [1.82, 2.24) is 30.3 Å². The Hall–Kier alpha value is -0.900. The van der Waals surface area contributed by atoms with Gasteiger partial charge in [-0.15, -0.1) is 24.0 Å². The molecule has 144 valence electrons. The van der Waals surface area contributed by atoms with Crippen molar-refractivity contribution in [3.05, 3.63) is 12.2 Å². The van der Waals surface area contributed by atoms with Crippen molar-refractivity contribution < 1.29 is 0 Å². The number of hydrogen-bond acceptors (Lipinski definition) is 4. The highest BCUT2D eigenvalue weighted by Crippen LogP contribution is 2.16. The van der Waals surface area contributed by atoms with Crippen LogP contribution in [0.5, 0.6) is 0 Å². The summed E-state index contributed by atoms with van der Waals surface area (Å²) in [5, 5.41) is 10.8. The van der Waals surface area contributed by atoms with E-state index in [1.807, 2.05) is 7.05 Å². The Morgan fingerprint density at radius 2 is 2.16 bits per heavy atom. The Kier molecular flexibility index (Phi) is 11.0. The number of unbranched alkanes of at least 4 members (excludes halogenated alkanes) is 1. The van der Waals surface area contributed by atoms with Crippen LogP contribution in [0, 0.1) is 0 Å². The lowest BCUT2D eigenvalue weighted by molar-refractivity contribution is 0.158. The van der Waals surface area contributed by atoms with E-state index in [4.69, 9.17) is 0 Å². The predicted octanol–water partition coefficient (Wildman–Crippen LogP) is 2.14. The third-order valence-corrected chi connectivity index (χ3v) is 4.63. The van der Waals surface area contributed by atoms with E-state index in [1.165, 1.54) is 38.8 Å². The highest BCUT2D eigenvalue weighted by Gasteiger charge is 2.16. The molecule has 0 saturated carbocycles. The fourth-order valence-corrected chi connectivity index (χ4v) is 3.09. The minimum absolute atomic E-state index is 0. The summed E-state index contributed by atoms with van der Waals surface area (Å²) in [6.07, 6.45) is 8.08. The third kappa shape index (κ3) is 7.89. The van der Waals surface area contributed by atoms with Gasteiger partial charge in [-0.1, -0.05) is 6.42 Å². The fourth-order valence-electron chi connectivity index (χ4n) is 3.09. The number of rotatable bonds is 8. The summed E-state index contributed by atoms with van der Waals surface area (Å²) in [5.74, 6) is 1.72. The number of hydrogen-bond donors (Lipinski definition) is 2. The lowest BCUT2D eigenvalue weighted by Gasteiger charge is -2.33. The molecule has 2 rings (SSSR count). The second-order valence-corrected chi connectivity index (χ2v) is 6.51.